The molecule has 0 aliphatic rings. The van der Waals surface area contributed by atoms with Crippen molar-refractivity contribution in [1.29, 1.82) is 0 Å². The second kappa shape index (κ2) is 6.01. The normalized spacial score (nSPS) is 10.4. The molecule has 106 valence electrons. The smallest absolute Gasteiger partial charge is 0.165 e. The predicted molar refractivity (Wildman–Crippen MR) is 81.2 cm³/mol. The molecular formula is C15H16ClFN2O. The van der Waals surface area contributed by atoms with E-state index in [9.17, 15) is 9.50 Å². The number of nitrogens with zero attached hydrogens (tertiary/aromatic N) is 1. The molecule has 0 fully saturated rings. The monoisotopic (exact) mass is 294 g/mol. The average molecular weight is 295 g/mol. The number of anilines is 2. The van der Waals surface area contributed by atoms with Crippen molar-refractivity contribution in [2.75, 3.05) is 24.3 Å². The third-order valence-corrected chi connectivity index (χ3v) is 3.29. The van der Waals surface area contributed by atoms with Gasteiger partial charge in [-0.05, 0) is 24.3 Å². The second-order valence-electron chi connectivity index (χ2n) is 4.66. The number of para-hydroxylation sites is 1. The summed E-state index contributed by atoms with van der Waals surface area (Å²) in [6, 6.07) is 10.0. The minimum atomic E-state index is -0.620. The average Bonchev–Trinajstić information content (AvgIpc) is 2.40. The van der Waals surface area contributed by atoms with Gasteiger partial charge in [0, 0.05) is 31.9 Å². The van der Waals surface area contributed by atoms with Crippen molar-refractivity contribution < 1.29 is 9.50 Å². The Morgan fingerprint density at radius 1 is 1.25 bits per heavy atom. The van der Waals surface area contributed by atoms with Gasteiger partial charge in [0.1, 0.15) is 0 Å². The summed E-state index contributed by atoms with van der Waals surface area (Å²) in [5.41, 5.74) is 2.23. The first-order valence-corrected chi connectivity index (χ1v) is 6.54. The van der Waals surface area contributed by atoms with Crippen LogP contribution in [0.25, 0.3) is 0 Å². The first-order chi connectivity index (χ1) is 9.49. The predicted octanol–water partition coefficient (Wildman–Crippen LogP) is 3.86. The molecule has 0 saturated carbocycles. The van der Waals surface area contributed by atoms with Gasteiger partial charge in [-0.25, -0.2) is 4.39 Å². The van der Waals surface area contributed by atoms with Gasteiger partial charge in [0.25, 0.3) is 0 Å². The quantitative estimate of drug-likeness (QED) is 0.899. The second-order valence-corrected chi connectivity index (χ2v) is 5.07. The van der Waals surface area contributed by atoms with Crippen molar-refractivity contribution in [2.45, 2.75) is 6.54 Å². The summed E-state index contributed by atoms with van der Waals surface area (Å²) < 4.78 is 13.2. The van der Waals surface area contributed by atoms with Crippen LogP contribution >= 0.6 is 11.6 Å². The number of nitrogens with one attached hydrogen (secondary N) is 1. The minimum Gasteiger partial charge on any atom is -0.505 e. The van der Waals surface area contributed by atoms with Crippen LogP contribution in [0.4, 0.5) is 15.8 Å². The molecule has 2 rings (SSSR count). The minimum absolute atomic E-state index is 0.321. The van der Waals surface area contributed by atoms with Crippen LogP contribution in [0.3, 0.4) is 0 Å². The zero-order chi connectivity index (χ0) is 14.7. The summed E-state index contributed by atoms with van der Waals surface area (Å²) in [7, 11) is 3.83. The van der Waals surface area contributed by atoms with Crippen LogP contribution in [0.2, 0.25) is 5.02 Å². The standard InChI is InChI=1S/C15H16ClFN2O/c1-19(2)14-7-6-11(8-12(14)16)18-9-10-4-3-5-13(17)15(10)20/h3-8,18,20H,9H2,1-2H3. The van der Waals surface area contributed by atoms with E-state index in [-0.39, 0.29) is 5.75 Å². The van der Waals surface area contributed by atoms with E-state index >= 15 is 0 Å². The SMILES string of the molecule is CN(C)c1ccc(NCc2cccc(F)c2O)cc1Cl. The molecule has 0 atom stereocenters. The molecule has 3 nitrogen and oxygen atoms in total. The molecule has 0 aliphatic heterocycles. The number of phenols is 1. The van der Waals surface area contributed by atoms with Crippen molar-refractivity contribution >= 4 is 23.0 Å². The fourth-order valence-electron chi connectivity index (χ4n) is 1.88. The zero-order valence-electron chi connectivity index (χ0n) is 11.3. The molecule has 5 heteroatoms. The highest BCUT2D eigenvalue weighted by Gasteiger charge is 2.07. The van der Waals surface area contributed by atoms with Gasteiger partial charge < -0.3 is 15.3 Å². The van der Waals surface area contributed by atoms with E-state index < -0.39 is 5.82 Å². The fraction of sp³-hybridized carbons (Fsp3) is 0.200. The van der Waals surface area contributed by atoms with Gasteiger partial charge in [0.05, 0.1) is 10.7 Å². The van der Waals surface area contributed by atoms with Gasteiger partial charge in [-0.2, -0.15) is 0 Å². The number of rotatable bonds is 4. The Morgan fingerprint density at radius 3 is 2.65 bits per heavy atom. The largest absolute Gasteiger partial charge is 0.505 e. The third kappa shape index (κ3) is 3.14. The molecule has 2 aromatic rings. The molecule has 0 heterocycles. The lowest BCUT2D eigenvalue weighted by Gasteiger charge is -2.16. The van der Waals surface area contributed by atoms with E-state index in [2.05, 4.69) is 5.32 Å². The highest BCUT2D eigenvalue weighted by atomic mass is 35.5. The molecule has 0 unspecified atom stereocenters. The molecule has 0 bridgehead atoms. The number of aromatic hydroxyl groups is 1. The van der Waals surface area contributed by atoms with Gasteiger partial charge >= 0.3 is 0 Å². The van der Waals surface area contributed by atoms with E-state index in [1.54, 1.807) is 18.2 Å². The fourth-order valence-corrected chi connectivity index (χ4v) is 2.23. The first-order valence-electron chi connectivity index (χ1n) is 6.16. The van der Waals surface area contributed by atoms with Gasteiger partial charge in [-0.3, -0.25) is 0 Å². The van der Waals surface area contributed by atoms with E-state index in [1.807, 2.05) is 31.1 Å². The molecule has 0 radical (unpaired) electrons. The summed E-state index contributed by atoms with van der Waals surface area (Å²) in [6.45, 7) is 0.321. The number of hydrogen-bond donors (Lipinski definition) is 2. The van der Waals surface area contributed by atoms with Crippen LogP contribution in [-0.2, 0) is 6.54 Å². The summed E-state index contributed by atoms with van der Waals surface area (Å²) in [4.78, 5) is 1.92. The highest BCUT2D eigenvalue weighted by Crippen LogP contribution is 2.28. The Morgan fingerprint density at radius 2 is 2.00 bits per heavy atom. The first kappa shape index (κ1) is 14.5. The molecule has 0 aromatic heterocycles. The lowest BCUT2D eigenvalue weighted by atomic mass is 10.2. The molecule has 0 aliphatic carbocycles. The van der Waals surface area contributed by atoms with Crippen LogP contribution < -0.4 is 10.2 Å². The van der Waals surface area contributed by atoms with Crippen molar-refractivity contribution in [3.8, 4) is 5.75 Å². The molecule has 0 spiro atoms. The molecule has 2 aromatic carbocycles. The van der Waals surface area contributed by atoms with E-state index in [1.165, 1.54) is 6.07 Å². The molecule has 20 heavy (non-hydrogen) atoms. The van der Waals surface area contributed by atoms with E-state index in [4.69, 9.17) is 11.6 Å². The molecular weight excluding hydrogens is 279 g/mol. The van der Waals surface area contributed by atoms with Crippen LogP contribution in [0.15, 0.2) is 36.4 Å². The number of hydrogen-bond acceptors (Lipinski definition) is 3. The number of phenolic OH excluding ortho intramolecular Hbond substituents is 1. The Balaban J connectivity index is 2.11. The van der Waals surface area contributed by atoms with Gasteiger partial charge in [0.2, 0.25) is 0 Å². The molecule has 0 amide bonds. The van der Waals surface area contributed by atoms with Crippen LogP contribution in [-0.4, -0.2) is 19.2 Å². The summed E-state index contributed by atoms with van der Waals surface area (Å²) in [6.07, 6.45) is 0. The van der Waals surface area contributed by atoms with Crippen molar-refractivity contribution in [3.63, 3.8) is 0 Å². The molecule has 2 N–H and O–H groups in total. The summed E-state index contributed by atoms with van der Waals surface area (Å²) in [5, 5.41) is 13.3. The zero-order valence-corrected chi connectivity index (χ0v) is 12.1. The Kier molecular flexibility index (Phi) is 4.35. The van der Waals surface area contributed by atoms with Crippen LogP contribution in [0, 0.1) is 5.82 Å². The summed E-state index contributed by atoms with van der Waals surface area (Å²) >= 11 is 6.17. The topological polar surface area (TPSA) is 35.5 Å². The van der Waals surface area contributed by atoms with Crippen molar-refractivity contribution in [1.82, 2.24) is 0 Å². The molecule has 0 saturated heterocycles. The van der Waals surface area contributed by atoms with E-state index in [0.717, 1.165) is 11.4 Å². The Hall–Kier alpha value is -1.94. The van der Waals surface area contributed by atoms with Crippen molar-refractivity contribution in [3.05, 3.63) is 52.8 Å². The summed E-state index contributed by atoms with van der Waals surface area (Å²) in [5.74, 6) is -0.943. The van der Waals surface area contributed by atoms with E-state index in [0.29, 0.717) is 17.1 Å². The Labute approximate surface area is 122 Å². The van der Waals surface area contributed by atoms with Crippen molar-refractivity contribution in [2.24, 2.45) is 0 Å². The maximum atomic E-state index is 13.2. The van der Waals surface area contributed by atoms with Gasteiger partial charge in [0.15, 0.2) is 11.6 Å². The van der Waals surface area contributed by atoms with Gasteiger partial charge in [-0.1, -0.05) is 23.7 Å². The van der Waals surface area contributed by atoms with Crippen LogP contribution in [0.5, 0.6) is 5.75 Å². The maximum absolute atomic E-state index is 13.2. The lowest BCUT2D eigenvalue weighted by Crippen LogP contribution is -2.09. The number of halogens is 2. The van der Waals surface area contributed by atoms with Gasteiger partial charge in [-0.15, -0.1) is 0 Å². The van der Waals surface area contributed by atoms with Crippen LogP contribution in [0.1, 0.15) is 5.56 Å². The third-order valence-electron chi connectivity index (χ3n) is 2.98. The lowest BCUT2D eigenvalue weighted by molar-refractivity contribution is 0.427. The Bertz CT molecular complexity index is 617. The highest BCUT2D eigenvalue weighted by molar-refractivity contribution is 6.33. The number of benzene rings is 2. The maximum Gasteiger partial charge on any atom is 0.165 e.